The van der Waals surface area contributed by atoms with Crippen LogP contribution in [0.25, 0.3) is 0 Å². The third-order valence-electron chi connectivity index (χ3n) is 3.21. The molecule has 0 saturated heterocycles. The minimum absolute atomic E-state index is 0.0211. The number of benzene rings is 1. The Morgan fingerprint density at radius 1 is 1.08 bits per heavy atom. The molecular formula is C15H9F3N4O3S. The highest BCUT2D eigenvalue weighted by atomic mass is 32.2. The molecule has 1 amide bonds. The number of carbonyl (C=O) groups excluding carboxylic acids is 1. The Morgan fingerprint density at radius 3 is 2.50 bits per heavy atom. The fourth-order valence-corrected chi connectivity index (χ4v) is 3.18. The van der Waals surface area contributed by atoms with Gasteiger partial charge in [-0.2, -0.15) is 17.6 Å². The summed E-state index contributed by atoms with van der Waals surface area (Å²) in [6.07, 6.45) is 3.28. The van der Waals surface area contributed by atoms with E-state index in [9.17, 15) is 26.4 Å². The molecule has 0 spiro atoms. The number of hydrogen-bond donors (Lipinski definition) is 1. The smallest absolute Gasteiger partial charge is 0.286 e. The van der Waals surface area contributed by atoms with Crippen molar-refractivity contribution in [1.29, 1.82) is 0 Å². The molecule has 2 aromatic heterocycles. The summed E-state index contributed by atoms with van der Waals surface area (Å²) in [6.45, 7) is 0. The average molecular weight is 382 g/mol. The van der Waals surface area contributed by atoms with Gasteiger partial charge in [-0.05, 0) is 12.1 Å². The molecule has 0 atom stereocenters. The number of aromatic nitrogens is 3. The normalized spacial score (nSPS) is 11.3. The quantitative estimate of drug-likeness (QED) is 0.698. The highest BCUT2D eigenvalue weighted by Crippen LogP contribution is 2.21. The van der Waals surface area contributed by atoms with E-state index < -0.39 is 38.3 Å². The Bertz CT molecular complexity index is 1080. The monoisotopic (exact) mass is 382 g/mol. The molecular weight excluding hydrogens is 373 g/mol. The molecule has 3 rings (SSSR count). The highest BCUT2D eigenvalue weighted by Gasteiger charge is 2.25. The van der Waals surface area contributed by atoms with E-state index in [-0.39, 0.29) is 23.5 Å². The van der Waals surface area contributed by atoms with E-state index in [2.05, 4.69) is 15.4 Å². The van der Waals surface area contributed by atoms with E-state index >= 15 is 0 Å². The molecule has 0 saturated carbocycles. The second kappa shape index (κ2) is 6.59. The molecule has 3 aromatic rings. The minimum Gasteiger partial charge on any atom is -0.318 e. The van der Waals surface area contributed by atoms with Crippen LogP contribution in [0.3, 0.4) is 0 Å². The van der Waals surface area contributed by atoms with Crippen molar-refractivity contribution in [1.82, 2.24) is 14.2 Å². The molecule has 0 radical (unpaired) electrons. The lowest BCUT2D eigenvalue weighted by atomic mass is 10.3. The van der Waals surface area contributed by atoms with Gasteiger partial charge < -0.3 is 5.32 Å². The van der Waals surface area contributed by atoms with Crippen LogP contribution < -0.4 is 5.32 Å². The van der Waals surface area contributed by atoms with E-state index in [0.717, 1.165) is 12.4 Å². The standard InChI is InChI=1S/C15H9F3N4O3S/c16-10-5-12(18)14(6-11(10)17)26(24,25)22-8-9(7-20-22)21-15(23)13-3-1-2-4-19-13/h1-8H,(H,21,23). The van der Waals surface area contributed by atoms with Gasteiger partial charge in [0, 0.05) is 18.3 Å². The van der Waals surface area contributed by atoms with Gasteiger partial charge in [0.25, 0.3) is 15.9 Å². The van der Waals surface area contributed by atoms with Crippen LogP contribution in [-0.4, -0.2) is 28.5 Å². The molecule has 0 aliphatic carbocycles. The zero-order valence-electron chi connectivity index (χ0n) is 12.7. The number of nitrogens with one attached hydrogen (secondary N) is 1. The number of nitrogens with zero attached hydrogens (tertiary/aromatic N) is 3. The van der Waals surface area contributed by atoms with Crippen molar-refractivity contribution in [2.75, 3.05) is 5.32 Å². The number of amides is 1. The predicted octanol–water partition coefficient (Wildman–Crippen LogP) is 2.18. The first-order valence-corrected chi connectivity index (χ1v) is 8.40. The topological polar surface area (TPSA) is 94.0 Å². The number of anilines is 1. The van der Waals surface area contributed by atoms with Crippen molar-refractivity contribution < 1.29 is 26.4 Å². The summed E-state index contributed by atoms with van der Waals surface area (Å²) in [4.78, 5) is 14.7. The van der Waals surface area contributed by atoms with Gasteiger partial charge in [0.1, 0.15) is 16.4 Å². The van der Waals surface area contributed by atoms with Gasteiger partial charge in [-0.25, -0.2) is 13.2 Å². The Kier molecular flexibility index (Phi) is 4.47. The number of pyridine rings is 1. The van der Waals surface area contributed by atoms with Gasteiger partial charge in [-0.3, -0.25) is 9.78 Å². The highest BCUT2D eigenvalue weighted by molar-refractivity contribution is 7.89. The number of hydrogen-bond acceptors (Lipinski definition) is 5. The summed E-state index contributed by atoms with van der Waals surface area (Å²) in [5.41, 5.74) is 0.0574. The average Bonchev–Trinajstić information content (AvgIpc) is 3.08. The fraction of sp³-hybridized carbons (Fsp3) is 0. The molecule has 0 aliphatic rings. The Labute approximate surface area is 145 Å². The van der Waals surface area contributed by atoms with Crippen LogP contribution in [0, 0.1) is 17.5 Å². The first-order valence-electron chi connectivity index (χ1n) is 6.96. The van der Waals surface area contributed by atoms with Gasteiger partial charge in [0.15, 0.2) is 11.6 Å². The van der Waals surface area contributed by atoms with Crippen LogP contribution in [0.15, 0.2) is 53.8 Å². The maximum Gasteiger partial charge on any atom is 0.286 e. The summed E-state index contributed by atoms with van der Waals surface area (Å²) >= 11 is 0. The Hall–Kier alpha value is -3.21. The predicted molar refractivity (Wildman–Crippen MR) is 83.3 cm³/mol. The summed E-state index contributed by atoms with van der Waals surface area (Å²) in [7, 11) is -4.63. The van der Waals surface area contributed by atoms with Crippen LogP contribution in [0.2, 0.25) is 0 Å². The number of carbonyl (C=O) groups is 1. The van der Waals surface area contributed by atoms with Gasteiger partial charge in [-0.1, -0.05) is 6.07 Å². The van der Waals surface area contributed by atoms with E-state index in [0.29, 0.717) is 4.09 Å². The Balaban J connectivity index is 1.89. The molecule has 1 N–H and O–H groups in total. The molecule has 26 heavy (non-hydrogen) atoms. The lowest BCUT2D eigenvalue weighted by Crippen LogP contribution is -2.16. The third kappa shape index (κ3) is 3.28. The van der Waals surface area contributed by atoms with E-state index in [1.807, 2.05) is 0 Å². The summed E-state index contributed by atoms with van der Waals surface area (Å²) in [5, 5.41) is 5.88. The molecule has 2 heterocycles. The lowest BCUT2D eigenvalue weighted by Gasteiger charge is -2.06. The van der Waals surface area contributed by atoms with Gasteiger partial charge in [0.05, 0.1) is 18.1 Å². The molecule has 0 fully saturated rings. The maximum atomic E-state index is 13.7. The van der Waals surface area contributed by atoms with Gasteiger partial charge >= 0.3 is 0 Å². The minimum atomic E-state index is -4.63. The first kappa shape index (κ1) is 17.6. The van der Waals surface area contributed by atoms with Gasteiger partial charge in [-0.15, -0.1) is 0 Å². The van der Waals surface area contributed by atoms with E-state index in [4.69, 9.17) is 0 Å². The molecule has 0 unspecified atom stereocenters. The summed E-state index contributed by atoms with van der Waals surface area (Å²) < 4.78 is 65.0. The number of halogens is 3. The maximum absolute atomic E-state index is 13.7. The summed E-state index contributed by atoms with van der Waals surface area (Å²) in [5.74, 6) is -5.15. The fourth-order valence-electron chi connectivity index (χ4n) is 2.00. The second-order valence-corrected chi connectivity index (χ2v) is 6.74. The lowest BCUT2D eigenvalue weighted by molar-refractivity contribution is 0.102. The molecule has 0 bridgehead atoms. The van der Waals surface area contributed by atoms with E-state index in [1.165, 1.54) is 12.3 Å². The van der Waals surface area contributed by atoms with E-state index in [1.54, 1.807) is 12.1 Å². The summed E-state index contributed by atoms with van der Waals surface area (Å²) in [6, 6.07) is 4.97. The SMILES string of the molecule is O=C(Nc1cnn(S(=O)(=O)c2cc(F)c(F)cc2F)c1)c1ccccn1. The zero-order chi connectivity index (χ0) is 18.9. The first-order chi connectivity index (χ1) is 12.3. The second-order valence-electron chi connectivity index (χ2n) is 4.97. The van der Waals surface area contributed by atoms with Crippen LogP contribution >= 0.6 is 0 Å². The van der Waals surface area contributed by atoms with Gasteiger partial charge in [0.2, 0.25) is 0 Å². The van der Waals surface area contributed by atoms with Crippen molar-refractivity contribution in [3.05, 3.63) is 72.1 Å². The van der Waals surface area contributed by atoms with Crippen molar-refractivity contribution in [3.63, 3.8) is 0 Å². The molecule has 1 aromatic carbocycles. The van der Waals surface area contributed by atoms with Crippen molar-refractivity contribution >= 4 is 21.6 Å². The molecule has 7 nitrogen and oxygen atoms in total. The molecule has 134 valence electrons. The van der Waals surface area contributed by atoms with Crippen molar-refractivity contribution in [2.45, 2.75) is 4.90 Å². The Morgan fingerprint density at radius 2 is 1.81 bits per heavy atom. The third-order valence-corrected chi connectivity index (χ3v) is 4.78. The van der Waals surface area contributed by atoms with Crippen molar-refractivity contribution in [3.8, 4) is 0 Å². The van der Waals surface area contributed by atoms with Crippen LogP contribution in [0.4, 0.5) is 18.9 Å². The molecule has 11 heteroatoms. The zero-order valence-corrected chi connectivity index (χ0v) is 13.5. The van der Waals surface area contributed by atoms with Crippen LogP contribution in [0.1, 0.15) is 10.5 Å². The largest absolute Gasteiger partial charge is 0.318 e. The number of rotatable bonds is 4. The van der Waals surface area contributed by atoms with Crippen molar-refractivity contribution in [2.24, 2.45) is 0 Å². The van der Waals surface area contributed by atoms with Crippen LogP contribution in [-0.2, 0) is 10.0 Å². The van der Waals surface area contributed by atoms with Crippen LogP contribution in [0.5, 0.6) is 0 Å². The molecule has 0 aliphatic heterocycles.